The van der Waals surface area contributed by atoms with Crippen LogP contribution in [0.2, 0.25) is 0 Å². The number of hydrogen-bond donors (Lipinski definition) is 2. The number of halogens is 1. The van der Waals surface area contributed by atoms with Crippen LogP contribution in [0.15, 0.2) is 53.6 Å². The third-order valence-corrected chi connectivity index (χ3v) is 6.48. The average Bonchev–Trinajstić information content (AvgIpc) is 3.45. The van der Waals surface area contributed by atoms with Gasteiger partial charge in [0.25, 0.3) is 5.91 Å². The van der Waals surface area contributed by atoms with Gasteiger partial charge in [0.05, 0.1) is 23.7 Å². The van der Waals surface area contributed by atoms with E-state index in [2.05, 4.69) is 19.9 Å². The van der Waals surface area contributed by atoms with Crippen LogP contribution in [0.25, 0.3) is 28.1 Å². The molecule has 0 aliphatic carbocycles. The molecule has 3 aromatic heterocycles. The Morgan fingerprint density at radius 2 is 2.00 bits per heavy atom. The van der Waals surface area contributed by atoms with Gasteiger partial charge >= 0.3 is 5.69 Å². The van der Waals surface area contributed by atoms with Crippen LogP contribution in [0.3, 0.4) is 0 Å². The molecule has 182 valence electrons. The quantitative estimate of drug-likeness (QED) is 0.401. The minimum absolute atomic E-state index is 0.0461. The van der Waals surface area contributed by atoms with Crippen LogP contribution in [0.4, 0.5) is 4.39 Å². The molecule has 1 amide bonds. The molecule has 0 saturated carbocycles. The summed E-state index contributed by atoms with van der Waals surface area (Å²) >= 11 is 0. The molecular formula is C25H22FN7O3. The molecule has 0 bridgehead atoms. The van der Waals surface area contributed by atoms with Crippen molar-refractivity contribution in [3.05, 3.63) is 76.4 Å². The Morgan fingerprint density at radius 3 is 2.86 bits per heavy atom. The van der Waals surface area contributed by atoms with Crippen LogP contribution < -0.4 is 16.2 Å². The van der Waals surface area contributed by atoms with Crippen molar-refractivity contribution in [1.29, 1.82) is 0 Å². The van der Waals surface area contributed by atoms with E-state index in [1.54, 1.807) is 0 Å². The van der Waals surface area contributed by atoms with Crippen LogP contribution in [0, 0.1) is 5.82 Å². The Labute approximate surface area is 203 Å². The SMILES string of the molecule is NC(=O)c1nc(-n2cnc3ccc(F)cc32)nc2c1[nH]c(=O)n2C1CCCCCOc2ccccc21. The van der Waals surface area contributed by atoms with E-state index in [-0.39, 0.29) is 22.8 Å². The van der Waals surface area contributed by atoms with Crippen LogP contribution in [-0.2, 0) is 0 Å². The largest absolute Gasteiger partial charge is 0.493 e. The number of amides is 1. The number of H-pyrrole nitrogens is 1. The van der Waals surface area contributed by atoms with E-state index >= 15 is 0 Å². The topological polar surface area (TPSA) is 134 Å². The van der Waals surface area contributed by atoms with Crippen LogP contribution in [-0.4, -0.2) is 41.6 Å². The number of nitrogens with one attached hydrogen (secondary N) is 1. The molecule has 0 saturated heterocycles. The minimum atomic E-state index is -0.828. The fourth-order valence-corrected chi connectivity index (χ4v) is 4.82. The Hall–Kier alpha value is -4.54. The molecule has 6 rings (SSSR count). The summed E-state index contributed by atoms with van der Waals surface area (Å²) in [7, 11) is 0. The van der Waals surface area contributed by atoms with E-state index in [1.165, 1.54) is 33.7 Å². The molecule has 1 aliphatic rings. The van der Waals surface area contributed by atoms with Crippen LogP contribution in [0.5, 0.6) is 5.75 Å². The fraction of sp³-hybridized carbons (Fsp3) is 0.240. The number of ether oxygens (including phenoxy) is 1. The molecule has 36 heavy (non-hydrogen) atoms. The first kappa shape index (κ1) is 22.0. The number of aromatic amines is 1. The van der Waals surface area contributed by atoms with Gasteiger partial charge in [0.2, 0.25) is 5.95 Å². The number of hydrogen-bond acceptors (Lipinski definition) is 6. The number of fused-ring (bicyclic) bond motifs is 3. The van der Waals surface area contributed by atoms with Crippen LogP contribution >= 0.6 is 0 Å². The van der Waals surface area contributed by atoms with E-state index in [9.17, 15) is 14.0 Å². The number of nitrogens with two attached hydrogens (primary N) is 1. The second-order valence-corrected chi connectivity index (χ2v) is 8.73. The Kier molecular flexibility index (Phi) is 5.24. The number of carbonyl (C=O) groups is 1. The first-order chi connectivity index (χ1) is 17.5. The molecule has 0 spiro atoms. The number of carbonyl (C=O) groups excluding carboxylic acids is 1. The number of primary amides is 1. The van der Waals surface area contributed by atoms with E-state index in [0.717, 1.165) is 24.8 Å². The zero-order valence-corrected chi connectivity index (χ0v) is 19.1. The van der Waals surface area contributed by atoms with Crippen molar-refractivity contribution in [1.82, 2.24) is 29.1 Å². The normalized spacial score (nSPS) is 16.2. The highest BCUT2D eigenvalue weighted by molar-refractivity contribution is 6.01. The summed E-state index contributed by atoms with van der Waals surface area (Å²) in [5.41, 5.74) is 7.21. The molecule has 10 nitrogen and oxygen atoms in total. The predicted molar refractivity (Wildman–Crippen MR) is 130 cm³/mol. The molecule has 5 aromatic rings. The Morgan fingerprint density at radius 1 is 1.14 bits per heavy atom. The molecule has 1 aliphatic heterocycles. The molecule has 2 aromatic carbocycles. The summed E-state index contributed by atoms with van der Waals surface area (Å²) in [6.07, 6.45) is 4.83. The van der Waals surface area contributed by atoms with Gasteiger partial charge < -0.3 is 15.5 Å². The highest BCUT2D eigenvalue weighted by Crippen LogP contribution is 2.34. The molecule has 3 N–H and O–H groups in total. The second kappa shape index (κ2) is 8.59. The number of nitrogens with zero attached hydrogens (tertiary/aromatic N) is 5. The third-order valence-electron chi connectivity index (χ3n) is 6.48. The second-order valence-electron chi connectivity index (χ2n) is 8.73. The zero-order chi connectivity index (χ0) is 24.8. The van der Waals surface area contributed by atoms with Gasteiger partial charge in [-0.2, -0.15) is 4.98 Å². The van der Waals surface area contributed by atoms with E-state index in [4.69, 9.17) is 10.5 Å². The van der Waals surface area contributed by atoms with Gasteiger partial charge in [-0.25, -0.2) is 19.2 Å². The lowest BCUT2D eigenvalue weighted by Gasteiger charge is -2.20. The number of para-hydroxylation sites is 1. The molecule has 0 fully saturated rings. The van der Waals surface area contributed by atoms with Crippen molar-refractivity contribution >= 4 is 28.1 Å². The van der Waals surface area contributed by atoms with Crippen molar-refractivity contribution in [3.63, 3.8) is 0 Å². The maximum absolute atomic E-state index is 14.0. The monoisotopic (exact) mass is 487 g/mol. The Bertz CT molecular complexity index is 1690. The smallest absolute Gasteiger partial charge is 0.328 e. The number of aromatic nitrogens is 6. The van der Waals surface area contributed by atoms with Crippen molar-refractivity contribution in [3.8, 4) is 11.7 Å². The fourth-order valence-electron chi connectivity index (χ4n) is 4.82. The van der Waals surface area contributed by atoms with Gasteiger partial charge in [-0.3, -0.25) is 13.9 Å². The minimum Gasteiger partial charge on any atom is -0.493 e. The van der Waals surface area contributed by atoms with Gasteiger partial charge in [-0.15, -0.1) is 0 Å². The van der Waals surface area contributed by atoms with Gasteiger partial charge in [0.15, 0.2) is 11.3 Å². The van der Waals surface area contributed by atoms with Crippen molar-refractivity contribution < 1.29 is 13.9 Å². The van der Waals surface area contributed by atoms with Gasteiger partial charge in [-0.05, 0) is 37.5 Å². The van der Waals surface area contributed by atoms with Crippen molar-refractivity contribution in [2.24, 2.45) is 5.73 Å². The lowest BCUT2D eigenvalue weighted by molar-refractivity contribution is 0.0997. The lowest BCUT2D eigenvalue weighted by Crippen LogP contribution is -2.24. The van der Waals surface area contributed by atoms with Crippen molar-refractivity contribution in [2.45, 2.75) is 31.7 Å². The summed E-state index contributed by atoms with van der Waals surface area (Å²) in [5.74, 6) is -0.539. The zero-order valence-electron chi connectivity index (χ0n) is 19.1. The Balaban J connectivity index is 1.62. The highest BCUT2D eigenvalue weighted by atomic mass is 19.1. The van der Waals surface area contributed by atoms with Crippen molar-refractivity contribution in [2.75, 3.05) is 6.61 Å². The standard InChI is InChI=1S/C25H22FN7O3/c26-14-9-10-16-18(12-14)32(13-28-16)24-29-20(22(27)34)21-23(31-24)33(25(35)30-21)17-7-2-1-5-11-36-19-8-4-3-6-15(17)19/h3-4,6,8-10,12-13,17H,1-2,5,7,11H2,(H2,27,34)(H,30,35). The number of benzene rings is 2. The first-order valence-electron chi connectivity index (χ1n) is 11.7. The van der Waals surface area contributed by atoms with Gasteiger partial charge in [0.1, 0.15) is 23.4 Å². The molecule has 0 radical (unpaired) electrons. The van der Waals surface area contributed by atoms with Crippen LogP contribution in [0.1, 0.15) is 47.8 Å². The van der Waals surface area contributed by atoms with E-state index in [0.29, 0.717) is 29.8 Å². The number of rotatable bonds is 3. The molecule has 1 unspecified atom stereocenters. The summed E-state index contributed by atoms with van der Waals surface area (Å²) in [6, 6.07) is 11.3. The summed E-state index contributed by atoms with van der Waals surface area (Å²) in [4.78, 5) is 41.7. The average molecular weight is 487 g/mol. The van der Waals surface area contributed by atoms with Gasteiger partial charge in [-0.1, -0.05) is 24.6 Å². The molecular weight excluding hydrogens is 465 g/mol. The lowest BCUT2D eigenvalue weighted by atomic mass is 9.99. The summed E-state index contributed by atoms with van der Waals surface area (Å²) < 4.78 is 23.0. The number of imidazole rings is 2. The maximum atomic E-state index is 14.0. The third kappa shape index (κ3) is 3.60. The van der Waals surface area contributed by atoms with Gasteiger partial charge in [0, 0.05) is 11.6 Å². The molecule has 4 heterocycles. The first-order valence-corrected chi connectivity index (χ1v) is 11.7. The highest BCUT2D eigenvalue weighted by Gasteiger charge is 2.27. The summed E-state index contributed by atoms with van der Waals surface area (Å²) in [5, 5.41) is 0. The summed E-state index contributed by atoms with van der Waals surface area (Å²) in [6.45, 7) is 0.592. The molecule has 1 atom stereocenters. The maximum Gasteiger partial charge on any atom is 0.328 e. The van der Waals surface area contributed by atoms with E-state index in [1.807, 2.05) is 24.3 Å². The molecule has 11 heteroatoms. The van der Waals surface area contributed by atoms with E-state index < -0.39 is 23.5 Å². The predicted octanol–water partition coefficient (Wildman–Crippen LogP) is 3.24.